The van der Waals surface area contributed by atoms with Crippen molar-refractivity contribution in [2.45, 2.75) is 13.2 Å². The molecule has 0 atom stereocenters. The van der Waals surface area contributed by atoms with E-state index in [1.165, 1.54) is 0 Å². The van der Waals surface area contributed by atoms with Gasteiger partial charge in [-0.3, -0.25) is 9.69 Å². The fourth-order valence-electron chi connectivity index (χ4n) is 4.03. The smallest absolute Gasteiger partial charge is 0.255 e. The fraction of sp³-hybridized carbons (Fsp3) is 0.321. The van der Waals surface area contributed by atoms with Gasteiger partial charge in [0.1, 0.15) is 6.61 Å². The predicted octanol–water partition coefficient (Wildman–Crippen LogP) is 4.90. The largest absolute Gasteiger partial charge is 0.493 e. The molecule has 0 unspecified atom stereocenters. The van der Waals surface area contributed by atoms with Gasteiger partial charge in [-0.2, -0.15) is 0 Å². The number of morpholine rings is 1. The number of ether oxygens (including phenoxy) is 3. The molecular weight excluding hydrogens is 464 g/mol. The second kappa shape index (κ2) is 12.6. The van der Waals surface area contributed by atoms with Gasteiger partial charge in [-0.25, -0.2) is 0 Å². The van der Waals surface area contributed by atoms with Gasteiger partial charge >= 0.3 is 0 Å². The van der Waals surface area contributed by atoms with Crippen LogP contribution in [0.4, 0.5) is 0 Å². The topological polar surface area (TPSA) is 51.2 Å². The Morgan fingerprint density at radius 3 is 2.46 bits per heavy atom. The molecule has 7 heteroatoms. The first-order valence-corrected chi connectivity index (χ1v) is 12.2. The Bertz CT molecular complexity index is 1100. The molecule has 0 radical (unpaired) electrons. The minimum absolute atomic E-state index is 0.0905. The van der Waals surface area contributed by atoms with Crippen molar-refractivity contribution >= 4 is 17.5 Å². The lowest BCUT2D eigenvalue weighted by Gasteiger charge is -2.30. The Kier molecular flexibility index (Phi) is 9.01. The zero-order valence-corrected chi connectivity index (χ0v) is 20.7. The summed E-state index contributed by atoms with van der Waals surface area (Å²) in [6.45, 7) is 5.43. The molecule has 3 aromatic carbocycles. The van der Waals surface area contributed by atoms with E-state index in [0.29, 0.717) is 41.8 Å². The summed E-state index contributed by atoms with van der Waals surface area (Å²) in [7, 11) is 1.62. The van der Waals surface area contributed by atoms with E-state index in [0.717, 1.165) is 44.0 Å². The van der Waals surface area contributed by atoms with Gasteiger partial charge in [0.2, 0.25) is 0 Å². The molecule has 35 heavy (non-hydrogen) atoms. The molecule has 0 bridgehead atoms. The lowest BCUT2D eigenvalue weighted by Crippen LogP contribution is -2.43. The highest BCUT2D eigenvalue weighted by molar-refractivity contribution is 6.33. The molecule has 0 aromatic heterocycles. The number of amides is 1. The number of methoxy groups -OCH3 is 1. The van der Waals surface area contributed by atoms with Crippen LogP contribution in [-0.4, -0.2) is 62.2 Å². The summed E-state index contributed by atoms with van der Waals surface area (Å²) >= 11 is 6.36. The molecule has 0 aliphatic carbocycles. The van der Waals surface area contributed by atoms with Crippen molar-refractivity contribution in [2.75, 3.05) is 46.5 Å². The zero-order chi connectivity index (χ0) is 24.5. The van der Waals surface area contributed by atoms with E-state index >= 15 is 0 Å². The van der Waals surface area contributed by atoms with E-state index in [-0.39, 0.29) is 5.91 Å². The van der Waals surface area contributed by atoms with Crippen molar-refractivity contribution in [3.05, 3.63) is 94.5 Å². The standard InChI is InChI=1S/C28H31ClN2O4/c1-33-27-19-23(11-12-26(27)35-21-22-7-3-2-4-8-22)20-31(14-13-30-15-17-34-18-16-30)28(32)24-9-5-6-10-25(24)29/h2-12,19H,13-18,20-21H2,1H3. The van der Waals surface area contributed by atoms with Crippen LogP contribution in [0.2, 0.25) is 5.02 Å². The van der Waals surface area contributed by atoms with Gasteiger partial charge in [0, 0.05) is 32.7 Å². The summed E-state index contributed by atoms with van der Waals surface area (Å²) in [5, 5.41) is 0.455. The van der Waals surface area contributed by atoms with Crippen molar-refractivity contribution < 1.29 is 19.0 Å². The van der Waals surface area contributed by atoms with Crippen molar-refractivity contribution in [3.8, 4) is 11.5 Å². The van der Waals surface area contributed by atoms with Crippen LogP contribution in [0.15, 0.2) is 72.8 Å². The number of rotatable bonds is 10. The van der Waals surface area contributed by atoms with E-state index in [2.05, 4.69) is 4.90 Å². The SMILES string of the molecule is COc1cc(CN(CCN2CCOCC2)C(=O)c2ccccc2Cl)ccc1OCc1ccccc1. The molecule has 0 saturated carbocycles. The molecule has 1 heterocycles. The first-order chi connectivity index (χ1) is 17.1. The number of benzene rings is 3. The first kappa shape index (κ1) is 25.0. The number of carbonyl (C=O) groups is 1. The summed E-state index contributed by atoms with van der Waals surface area (Å²) in [6, 6.07) is 23.0. The van der Waals surface area contributed by atoms with Crippen LogP contribution in [0.3, 0.4) is 0 Å². The van der Waals surface area contributed by atoms with Crippen LogP contribution < -0.4 is 9.47 Å². The molecule has 4 rings (SSSR count). The molecule has 1 saturated heterocycles. The Morgan fingerprint density at radius 2 is 1.71 bits per heavy atom. The zero-order valence-electron chi connectivity index (χ0n) is 20.0. The highest BCUT2D eigenvalue weighted by Gasteiger charge is 2.21. The quantitative estimate of drug-likeness (QED) is 0.401. The van der Waals surface area contributed by atoms with Crippen LogP contribution in [0, 0.1) is 0 Å². The highest BCUT2D eigenvalue weighted by atomic mass is 35.5. The van der Waals surface area contributed by atoms with Gasteiger partial charge in [-0.15, -0.1) is 0 Å². The number of hydrogen-bond donors (Lipinski definition) is 0. The number of nitrogens with zero attached hydrogens (tertiary/aromatic N) is 2. The minimum atomic E-state index is -0.0905. The lowest BCUT2D eigenvalue weighted by molar-refractivity contribution is 0.0320. The van der Waals surface area contributed by atoms with Crippen LogP contribution in [0.1, 0.15) is 21.5 Å². The third kappa shape index (κ3) is 6.98. The molecule has 1 fully saturated rings. The Hall–Kier alpha value is -3.06. The van der Waals surface area contributed by atoms with Crippen LogP contribution >= 0.6 is 11.6 Å². The van der Waals surface area contributed by atoms with Gasteiger partial charge in [-0.1, -0.05) is 60.1 Å². The van der Waals surface area contributed by atoms with Gasteiger partial charge in [0.15, 0.2) is 11.5 Å². The van der Waals surface area contributed by atoms with E-state index in [1.807, 2.05) is 65.6 Å². The molecule has 6 nitrogen and oxygen atoms in total. The Balaban J connectivity index is 1.49. The summed E-state index contributed by atoms with van der Waals surface area (Å²) in [6.07, 6.45) is 0. The Labute approximate surface area is 212 Å². The maximum Gasteiger partial charge on any atom is 0.255 e. The lowest BCUT2D eigenvalue weighted by atomic mass is 10.1. The van der Waals surface area contributed by atoms with Crippen LogP contribution in [0.5, 0.6) is 11.5 Å². The van der Waals surface area contributed by atoms with Gasteiger partial charge < -0.3 is 19.1 Å². The first-order valence-electron chi connectivity index (χ1n) is 11.8. The van der Waals surface area contributed by atoms with Crippen molar-refractivity contribution in [2.24, 2.45) is 0 Å². The third-order valence-corrected chi connectivity index (χ3v) is 6.35. The van der Waals surface area contributed by atoms with Gasteiger partial charge in [-0.05, 0) is 35.4 Å². The summed E-state index contributed by atoms with van der Waals surface area (Å²) < 4.78 is 17.0. The molecule has 184 valence electrons. The molecular formula is C28H31ClN2O4. The number of halogens is 1. The third-order valence-electron chi connectivity index (χ3n) is 6.02. The molecule has 3 aromatic rings. The second-order valence-corrected chi connectivity index (χ2v) is 8.83. The summed E-state index contributed by atoms with van der Waals surface area (Å²) in [4.78, 5) is 17.6. The van der Waals surface area contributed by atoms with E-state index in [9.17, 15) is 4.79 Å². The van der Waals surface area contributed by atoms with Crippen molar-refractivity contribution in [1.82, 2.24) is 9.80 Å². The summed E-state index contributed by atoms with van der Waals surface area (Å²) in [5.74, 6) is 1.21. The maximum atomic E-state index is 13.5. The van der Waals surface area contributed by atoms with E-state index < -0.39 is 0 Å². The van der Waals surface area contributed by atoms with Gasteiger partial charge in [0.05, 0.1) is 30.9 Å². The highest BCUT2D eigenvalue weighted by Crippen LogP contribution is 2.30. The van der Waals surface area contributed by atoms with Crippen molar-refractivity contribution in [3.63, 3.8) is 0 Å². The van der Waals surface area contributed by atoms with E-state index in [4.69, 9.17) is 25.8 Å². The van der Waals surface area contributed by atoms with Crippen molar-refractivity contribution in [1.29, 1.82) is 0 Å². The fourth-order valence-corrected chi connectivity index (χ4v) is 4.25. The van der Waals surface area contributed by atoms with E-state index in [1.54, 1.807) is 19.2 Å². The number of hydrogen-bond acceptors (Lipinski definition) is 5. The van der Waals surface area contributed by atoms with Crippen LogP contribution in [0.25, 0.3) is 0 Å². The second-order valence-electron chi connectivity index (χ2n) is 8.42. The van der Waals surface area contributed by atoms with Gasteiger partial charge in [0.25, 0.3) is 5.91 Å². The molecule has 1 aliphatic heterocycles. The molecule has 0 N–H and O–H groups in total. The Morgan fingerprint density at radius 1 is 0.971 bits per heavy atom. The molecule has 0 spiro atoms. The molecule has 1 aliphatic rings. The molecule has 1 amide bonds. The average molecular weight is 495 g/mol. The maximum absolute atomic E-state index is 13.5. The summed E-state index contributed by atoms with van der Waals surface area (Å²) in [5.41, 5.74) is 2.54. The van der Waals surface area contributed by atoms with Crippen LogP contribution in [-0.2, 0) is 17.9 Å². The number of carbonyl (C=O) groups excluding carboxylic acids is 1. The monoisotopic (exact) mass is 494 g/mol. The predicted molar refractivity (Wildman–Crippen MR) is 137 cm³/mol. The average Bonchev–Trinajstić information content (AvgIpc) is 2.91. The minimum Gasteiger partial charge on any atom is -0.493 e. The normalized spacial score (nSPS) is 13.9.